The Morgan fingerprint density at radius 2 is 1.83 bits per heavy atom. The number of fused-ring (bicyclic) bond motifs is 1. The van der Waals surface area contributed by atoms with E-state index in [2.05, 4.69) is 33.0 Å². The molecular formula is C14H11BrN2S. The van der Waals surface area contributed by atoms with Crippen LogP contribution in [0.3, 0.4) is 0 Å². The maximum atomic E-state index is 6.22. The molecule has 0 aliphatic rings. The Morgan fingerprint density at radius 1 is 1.11 bits per heavy atom. The molecule has 4 heteroatoms. The predicted octanol–water partition coefficient (Wildman–Crippen LogP) is 4.62. The second-order valence-electron chi connectivity index (χ2n) is 4.16. The third-order valence-electron chi connectivity index (χ3n) is 2.84. The molecule has 2 nitrogen and oxygen atoms in total. The highest BCUT2D eigenvalue weighted by Crippen LogP contribution is 2.40. The van der Waals surface area contributed by atoms with Gasteiger partial charge in [0.2, 0.25) is 0 Å². The largest absolute Gasteiger partial charge is 0.397 e. The molecule has 0 radical (unpaired) electrons. The fourth-order valence-corrected chi connectivity index (χ4v) is 3.31. The first-order valence-corrected chi connectivity index (χ1v) is 7.17. The summed E-state index contributed by atoms with van der Waals surface area (Å²) < 4.78 is 1.07. The van der Waals surface area contributed by atoms with Gasteiger partial charge in [-0.3, -0.25) is 0 Å². The minimum Gasteiger partial charge on any atom is -0.397 e. The van der Waals surface area contributed by atoms with Crippen LogP contribution in [0.25, 0.3) is 20.7 Å². The summed E-state index contributed by atoms with van der Waals surface area (Å²) in [4.78, 5) is 6.63. The number of nitrogens with two attached hydrogens (primary N) is 1. The lowest BCUT2D eigenvalue weighted by Gasteiger charge is -1.99. The van der Waals surface area contributed by atoms with E-state index >= 15 is 0 Å². The van der Waals surface area contributed by atoms with Gasteiger partial charge in [0.05, 0.1) is 10.6 Å². The van der Waals surface area contributed by atoms with Crippen molar-refractivity contribution in [3.05, 3.63) is 46.6 Å². The smallest absolute Gasteiger partial charge is 0.126 e. The van der Waals surface area contributed by atoms with Gasteiger partial charge in [0.25, 0.3) is 0 Å². The molecule has 0 saturated carbocycles. The second kappa shape index (κ2) is 4.37. The number of rotatable bonds is 1. The molecule has 0 saturated heterocycles. The van der Waals surface area contributed by atoms with Gasteiger partial charge in [0, 0.05) is 15.6 Å². The summed E-state index contributed by atoms with van der Waals surface area (Å²) in [6.07, 6.45) is 0. The van der Waals surface area contributed by atoms with Crippen LogP contribution in [0.2, 0.25) is 0 Å². The van der Waals surface area contributed by atoms with Gasteiger partial charge in [-0.05, 0) is 36.8 Å². The van der Waals surface area contributed by atoms with E-state index in [4.69, 9.17) is 5.73 Å². The van der Waals surface area contributed by atoms with Crippen LogP contribution in [-0.2, 0) is 0 Å². The first kappa shape index (κ1) is 11.7. The Morgan fingerprint density at radius 3 is 2.56 bits per heavy atom. The van der Waals surface area contributed by atoms with E-state index in [1.165, 1.54) is 0 Å². The van der Waals surface area contributed by atoms with Crippen molar-refractivity contribution in [3.8, 4) is 10.4 Å². The number of aromatic nitrogens is 1. The summed E-state index contributed by atoms with van der Waals surface area (Å²) in [5.41, 5.74) is 9.20. The summed E-state index contributed by atoms with van der Waals surface area (Å²) in [7, 11) is 0. The number of nitrogens with zero attached hydrogens (tertiary/aromatic N) is 1. The summed E-state index contributed by atoms with van der Waals surface area (Å²) in [5, 5.41) is 1.04. The van der Waals surface area contributed by atoms with Crippen LogP contribution in [0.15, 0.2) is 40.9 Å². The number of halogens is 1. The second-order valence-corrected chi connectivity index (χ2v) is 6.07. The average molecular weight is 319 g/mol. The van der Waals surface area contributed by atoms with Crippen LogP contribution in [0.1, 0.15) is 5.69 Å². The first-order chi connectivity index (χ1) is 8.65. The first-order valence-electron chi connectivity index (χ1n) is 5.57. The third kappa shape index (κ3) is 1.91. The molecule has 2 heterocycles. The highest BCUT2D eigenvalue weighted by Gasteiger charge is 2.11. The van der Waals surface area contributed by atoms with Crippen LogP contribution < -0.4 is 5.73 Å². The lowest BCUT2D eigenvalue weighted by molar-refractivity contribution is 1.27. The number of hydrogen-bond donors (Lipinski definition) is 1. The van der Waals surface area contributed by atoms with E-state index in [0.29, 0.717) is 0 Å². The van der Waals surface area contributed by atoms with Crippen molar-refractivity contribution >= 4 is 43.2 Å². The number of thiophene rings is 1. The number of nitrogen functional groups attached to an aromatic ring is 1. The highest BCUT2D eigenvalue weighted by atomic mass is 79.9. The maximum Gasteiger partial charge on any atom is 0.126 e. The standard InChI is InChI=1S/C14H11BrN2S/c1-8-2-7-11-12(16)13(18-14(11)17-8)9-3-5-10(15)6-4-9/h2-7H,16H2,1H3. The maximum absolute atomic E-state index is 6.22. The molecule has 0 unspecified atom stereocenters. The van der Waals surface area contributed by atoms with Crippen molar-refractivity contribution in [3.63, 3.8) is 0 Å². The lowest BCUT2D eigenvalue weighted by atomic mass is 10.1. The van der Waals surface area contributed by atoms with E-state index in [9.17, 15) is 0 Å². The van der Waals surface area contributed by atoms with Gasteiger partial charge in [-0.2, -0.15) is 0 Å². The number of hydrogen-bond acceptors (Lipinski definition) is 3. The van der Waals surface area contributed by atoms with Gasteiger partial charge in [-0.15, -0.1) is 11.3 Å². The van der Waals surface area contributed by atoms with Crippen LogP contribution in [0, 0.1) is 6.92 Å². The Kier molecular flexibility index (Phi) is 2.84. The van der Waals surface area contributed by atoms with Gasteiger partial charge < -0.3 is 5.73 Å². The summed E-state index contributed by atoms with van der Waals surface area (Å²) in [6, 6.07) is 12.2. The number of aryl methyl sites for hydroxylation is 1. The Labute approximate surface area is 118 Å². The molecule has 2 N–H and O–H groups in total. The number of benzene rings is 1. The molecule has 18 heavy (non-hydrogen) atoms. The SMILES string of the molecule is Cc1ccc2c(N)c(-c3ccc(Br)cc3)sc2n1. The van der Waals surface area contributed by atoms with E-state index in [1.54, 1.807) is 11.3 Å². The zero-order valence-electron chi connectivity index (χ0n) is 9.77. The zero-order chi connectivity index (χ0) is 12.7. The Hall–Kier alpha value is -1.39. The van der Waals surface area contributed by atoms with Crippen molar-refractivity contribution in [2.75, 3.05) is 5.73 Å². The Bertz CT molecular complexity index is 716. The monoisotopic (exact) mass is 318 g/mol. The molecule has 1 aromatic carbocycles. The molecule has 0 atom stereocenters. The summed E-state index contributed by atoms with van der Waals surface area (Å²) in [5.74, 6) is 0. The van der Waals surface area contributed by atoms with Gasteiger partial charge in [-0.1, -0.05) is 28.1 Å². The minimum atomic E-state index is 0.824. The number of pyridine rings is 1. The van der Waals surface area contributed by atoms with Gasteiger partial charge in [0.1, 0.15) is 4.83 Å². The molecule has 0 aliphatic heterocycles. The van der Waals surface area contributed by atoms with E-state index in [1.807, 2.05) is 31.2 Å². The van der Waals surface area contributed by atoms with E-state index in [-0.39, 0.29) is 0 Å². The van der Waals surface area contributed by atoms with Gasteiger partial charge in [0.15, 0.2) is 0 Å². The molecule has 0 bridgehead atoms. The fraction of sp³-hybridized carbons (Fsp3) is 0.0714. The topological polar surface area (TPSA) is 38.9 Å². The molecule has 0 fully saturated rings. The molecule has 0 spiro atoms. The van der Waals surface area contributed by atoms with Crippen LogP contribution in [-0.4, -0.2) is 4.98 Å². The third-order valence-corrected chi connectivity index (χ3v) is 4.53. The van der Waals surface area contributed by atoms with Crippen molar-refractivity contribution in [2.24, 2.45) is 0 Å². The van der Waals surface area contributed by atoms with Crippen molar-refractivity contribution in [2.45, 2.75) is 6.92 Å². The number of anilines is 1. The zero-order valence-corrected chi connectivity index (χ0v) is 12.2. The van der Waals surface area contributed by atoms with E-state index < -0.39 is 0 Å². The summed E-state index contributed by atoms with van der Waals surface area (Å²) >= 11 is 5.09. The Balaban J connectivity index is 2.23. The molecule has 90 valence electrons. The average Bonchev–Trinajstić information content (AvgIpc) is 2.67. The molecular weight excluding hydrogens is 308 g/mol. The van der Waals surface area contributed by atoms with Crippen LogP contribution in [0.5, 0.6) is 0 Å². The lowest BCUT2D eigenvalue weighted by Crippen LogP contribution is -1.86. The molecule has 3 aromatic rings. The summed E-state index contributed by atoms with van der Waals surface area (Å²) in [6.45, 7) is 1.99. The minimum absolute atomic E-state index is 0.824. The molecule has 2 aromatic heterocycles. The quantitative estimate of drug-likeness (QED) is 0.711. The molecule has 0 amide bonds. The van der Waals surface area contributed by atoms with Gasteiger partial charge in [-0.25, -0.2) is 4.98 Å². The van der Waals surface area contributed by atoms with Crippen molar-refractivity contribution in [1.29, 1.82) is 0 Å². The molecule has 3 rings (SSSR count). The molecule has 0 aliphatic carbocycles. The van der Waals surface area contributed by atoms with Crippen LogP contribution >= 0.6 is 27.3 Å². The van der Waals surface area contributed by atoms with Crippen molar-refractivity contribution in [1.82, 2.24) is 4.98 Å². The van der Waals surface area contributed by atoms with Crippen LogP contribution in [0.4, 0.5) is 5.69 Å². The fourth-order valence-electron chi connectivity index (χ4n) is 1.91. The normalized spacial score (nSPS) is 11.0. The highest BCUT2D eigenvalue weighted by molar-refractivity contribution is 9.10. The van der Waals surface area contributed by atoms with Crippen molar-refractivity contribution < 1.29 is 0 Å². The van der Waals surface area contributed by atoms with Gasteiger partial charge >= 0.3 is 0 Å². The van der Waals surface area contributed by atoms with E-state index in [0.717, 1.165) is 36.5 Å². The predicted molar refractivity (Wildman–Crippen MR) is 81.9 cm³/mol.